The first kappa shape index (κ1) is 5.10. The minimum Gasteiger partial charge on any atom is -0.395 e. The maximum atomic E-state index is 5.47. The minimum absolute atomic E-state index is 0.457. The fraction of sp³-hybridized carbons (Fsp3) is 0. The number of aromatic nitrogens is 5. The summed E-state index contributed by atoms with van der Waals surface area (Å²) in [6.45, 7) is 0. The van der Waals surface area contributed by atoms with Crippen molar-refractivity contribution in [2.24, 2.45) is 0 Å². The summed E-state index contributed by atoms with van der Waals surface area (Å²) in [7, 11) is 0. The molecular formula is C4H3N6. The van der Waals surface area contributed by atoms with E-state index in [9.17, 15) is 0 Å². The molecule has 0 atom stereocenters. The van der Waals surface area contributed by atoms with Gasteiger partial charge < -0.3 is 5.73 Å². The lowest BCUT2D eigenvalue weighted by molar-refractivity contribution is 0.731. The van der Waals surface area contributed by atoms with Crippen LogP contribution in [0.3, 0.4) is 0 Å². The third kappa shape index (κ3) is 0.524. The van der Waals surface area contributed by atoms with Crippen molar-refractivity contribution in [2.45, 2.75) is 0 Å². The van der Waals surface area contributed by atoms with Crippen LogP contribution in [-0.4, -0.2) is 25.3 Å². The van der Waals surface area contributed by atoms with Gasteiger partial charge in [0.15, 0.2) is 0 Å². The number of rotatable bonds is 0. The van der Waals surface area contributed by atoms with Gasteiger partial charge >= 0.3 is 0 Å². The van der Waals surface area contributed by atoms with E-state index >= 15 is 0 Å². The Morgan fingerprint density at radius 2 is 2.50 bits per heavy atom. The highest BCUT2D eigenvalue weighted by Gasteiger charge is 1.99. The predicted octanol–water partition coefficient (Wildman–Crippen LogP) is -1.10. The molecule has 0 saturated carbocycles. The highest BCUT2D eigenvalue weighted by molar-refractivity contribution is 5.61. The summed E-state index contributed by atoms with van der Waals surface area (Å²) in [6.07, 6.45) is 2.54. The van der Waals surface area contributed by atoms with Gasteiger partial charge in [-0.15, -0.1) is 14.8 Å². The van der Waals surface area contributed by atoms with E-state index in [2.05, 4.69) is 26.8 Å². The quantitative estimate of drug-likeness (QED) is 0.496. The number of hydrogen-bond acceptors (Lipinski definition) is 5. The second-order valence-corrected chi connectivity index (χ2v) is 1.72. The number of nitrogen functional groups attached to an aromatic ring is 1. The monoisotopic (exact) mass is 135 g/mol. The van der Waals surface area contributed by atoms with Gasteiger partial charge in [0.25, 0.3) is 0 Å². The zero-order valence-electron chi connectivity index (χ0n) is 4.89. The average molecular weight is 135 g/mol. The molecule has 2 N–H and O–H groups in total. The van der Waals surface area contributed by atoms with E-state index in [0.29, 0.717) is 11.3 Å². The first-order valence-electron chi connectivity index (χ1n) is 2.59. The van der Waals surface area contributed by atoms with E-state index in [1.165, 1.54) is 10.7 Å². The fourth-order valence-corrected chi connectivity index (χ4v) is 0.641. The molecule has 2 aromatic rings. The van der Waals surface area contributed by atoms with Gasteiger partial charge in [-0.2, -0.15) is 0 Å². The Labute approximate surface area is 55.6 Å². The molecule has 0 fully saturated rings. The van der Waals surface area contributed by atoms with Gasteiger partial charge in [0.2, 0.25) is 5.65 Å². The highest BCUT2D eigenvalue weighted by Crippen LogP contribution is 2.03. The Balaban J connectivity index is 2.95. The van der Waals surface area contributed by atoms with Gasteiger partial charge in [0, 0.05) is 0 Å². The molecule has 0 saturated heterocycles. The van der Waals surface area contributed by atoms with Gasteiger partial charge in [0.05, 0.1) is 5.69 Å². The van der Waals surface area contributed by atoms with Crippen LogP contribution in [0.1, 0.15) is 0 Å². The van der Waals surface area contributed by atoms with Crippen LogP contribution in [0.25, 0.3) is 5.65 Å². The zero-order valence-corrected chi connectivity index (χ0v) is 4.89. The summed E-state index contributed by atoms with van der Waals surface area (Å²) in [6, 6.07) is 1.52. The van der Waals surface area contributed by atoms with Crippen LogP contribution in [0, 0.1) is 6.20 Å². The van der Waals surface area contributed by atoms with Crippen LogP contribution >= 0.6 is 0 Å². The molecule has 1 radical (unpaired) electrons. The van der Waals surface area contributed by atoms with Crippen LogP contribution in [-0.2, 0) is 0 Å². The van der Waals surface area contributed by atoms with E-state index in [0.717, 1.165) is 0 Å². The standard InChI is InChI=1S/C4H3N6/c5-3-1-2-6-10-4(3)7-8-9-10/h1H,5H2. The lowest BCUT2D eigenvalue weighted by Crippen LogP contribution is -1.97. The van der Waals surface area contributed by atoms with Gasteiger partial charge in [-0.05, 0) is 16.5 Å². The molecule has 0 aliphatic heterocycles. The largest absolute Gasteiger partial charge is 0.395 e. The summed E-state index contributed by atoms with van der Waals surface area (Å²) in [5.41, 5.74) is 6.40. The van der Waals surface area contributed by atoms with Crippen LogP contribution in [0.2, 0.25) is 0 Å². The molecule has 2 rings (SSSR count). The number of fused-ring (bicyclic) bond motifs is 1. The molecule has 2 aromatic heterocycles. The number of nitrogens with zero attached hydrogens (tertiary/aromatic N) is 5. The third-order valence-electron chi connectivity index (χ3n) is 1.08. The van der Waals surface area contributed by atoms with Crippen molar-refractivity contribution in [3.8, 4) is 0 Å². The number of nitrogens with two attached hydrogens (primary N) is 1. The molecule has 0 bridgehead atoms. The van der Waals surface area contributed by atoms with E-state index < -0.39 is 0 Å². The number of hydrogen-bond donors (Lipinski definition) is 1. The van der Waals surface area contributed by atoms with Crippen molar-refractivity contribution >= 4 is 11.3 Å². The molecule has 0 spiro atoms. The van der Waals surface area contributed by atoms with E-state index in [1.54, 1.807) is 0 Å². The molecule has 0 amide bonds. The lowest BCUT2D eigenvalue weighted by Gasteiger charge is -1.88. The van der Waals surface area contributed by atoms with Crippen molar-refractivity contribution in [3.63, 3.8) is 0 Å². The Morgan fingerprint density at radius 3 is 3.30 bits per heavy atom. The second kappa shape index (κ2) is 1.63. The maximum Gasteiger partial charge on any atom is 0.222 e. The van der Waals surface area contributed by atoms with Crippen LogP contribution in [0.5, 0.6) is 0 Å². The number of anilines is 1. The first-order chi connectivity index (χ1) is 4.88. The average Bonchev–Trinajstić information content (AvgIpc) is 2.36. The zero-order chi connectivity index (χ0) is 6.97. The van der Waals surface area contributed by atoms with Crippen molar-refractivity contribution < 1.29 is 0 Å². The molecule has 0 aliphatic rings. The van der Waals surface area contributed by atoms with E-state index in [-0.39, 0.29) is 0 Å². The van der Waals surface area contributed by atoms with E-state index in [1.807, 2.05) is 0 Å². The normalized spacial score (nSPS) is 10.4. The molecule has 0 aromatic carbocycles. The third-order valence-corrected chi connectivity index (χ3v) is 1.08. The van der Waals surface area contributed by atoms with Crippen LogP contribution in [0.15, 0.2) is 6.07 Å². The molecule has 6 nitrogen and oxygen atoms in total. The predicted molar refractivity (Wildman–Crippen MR) is 31.8 cm³/mol. The smallest absolute Gasteiger partial charge is 0.222 e. The summed E-state index contributed by atoms with van der Waals surface area (Å²) < 4.78 is 1.22. The van der Waals surface area contributed by atoms with E-state index in [4.69, 9.17) is 5.73 Å². The van der Waals surface area contributed by atoms with Gasteiger partial charge in [0.1, 0.15) is 6.20 Å². The van der Waals surface area contributed by atoms with Crippen molar-refractivity contribution in [3.05, 3.63) is 12.3 Å². The Bertz CT molecular complexity index is 351. The molecule has 0 aliphatic carbocycles. The van der Waals surface area contributed by atoms with Crippen molar-refractivity contribution in [2.75, 3.05) is 5.73 Å². The first-order valence-corrected chi connectivity index (χ1v) is 2.59. The second-order valence-electron chi connectivity index (χ2n) is 1.72. The summed E-state index contributed by atoms with van der Waals surface area (Å²) in [5.74, 6) is 0. The topological polar surface area (TPSA) is 82.0 Å². The molecule has 49 valence electrons. The Hall–Kier alpha value is -1.72. The fourth-order valence-electron chi connectivity index (χ4n) is 0.641. The highest BCUT2D eigenvalue weighted by atomic mass is 15.6. The molecule has 10 heavy (non-hydrogen) atoms. The van der Waals surface area contributed by atoms with Crippen LogP contribution < -0.4 is 5.73 Å². The molecule has 0 unspecified atom stereocenters. The summed E-state index contributed by atoms with van der Waals surface area (Å²) >= 11 is 0. The summed E-state index contributed by atoms with van der Waals surface area (Å²) in [5, 5.41) is 14.2. The van der Waals surface area contributed by atoms with Crippen molar-refractivity contribution in [1.82, 2.24) is 25.3 Å². The van der Waals surface area contributed by atoms with Crippen LogP contribution in [0.4, 0.5) is 5.69 Å². The number of tetrazole rings is 1. The van der Waals surface area contributed by atoms with Gasteiger partial charge in [-0.1, -0.05) is 0 Å². The van der Waals surface area contributed by atoms with Crippen molar-refractivity contribution in [1.29, 1.82) is 0 Å². The van der Waals surface area contributed by atoms with Gasteiger partial charge in [-0.25, -0.2) is 0 Å². The van der Waals surface area contributed by atoms with Gasteiger partial charge in [-0.3, -0.25) is 0 Å². The maximum absolute atomic E-state index is 5.47. The lowest BCUT2D eigenvalue weighted by atomic mass is 10.5. The molecule has 2 heterocycles. The minimum atomic E-state index is 0.457. The Morgan fingerprint density at radius 1 is 1.60 bits per heavy atom. The molecule has 6 heteroatoms. The molecular weight excluding hydrogens is 132 g/mol. The Kier molecular flexibility index (Phi) is 0.830. The SMILES string of the molecule is Nc1c[c]nn2nnnc12. The summed E-state index contributed by atoms with van der Waals surface area (Å²) in [4.78, 5) is 0.